The molecule has 3 N–H and O–H groups in total. The third kappa shape index (κ3) is 3.57. The van der Waals surface area contributed by atoms with E-state index >= 15 is 0 Å². The summed E-state index contributed by atoms with van der Waals surface area (Å²) < 4.78 is 4.81. The van der Waals surface area contributed by atoms with Gasteiger partial charge in [-0.05, 0) is 25.0 Å². The Morgan fingerprint density at radius 1 is 1.30 bits per heavy atom. The van der Waals surface area contributed by atoms with Gasteiger partial charge >= 0.3 is 5.97 Å². The van der Waals surface area contributed by atoms with Gasteiger partial charge in [-0.3, -0.25) is 0 Å². The van der Waals surface area contributed by atoms with Crippen molar-refractivity contribution >= 4 is 28.9 Å². The van der Waals surface area contributed by atoms with Gasteiger partial charge in [0.25, 0.3) is 0 Å². The molecule has 5 heteroatoms. The van der Waals surface area contributed by atoms with E-state index in [0.717, 1.165) is 12.8 Å². The Hall–Kier alpha value is -1.42. The second kappa shape index (κ2) is 6.84. The number of halogens is 1. The van der Waals surface area contributed by atoms with Crippen molar-refractivity contribution < 1.29 is 9.53 Å². The van der Waals surface area contributed by atoms with Gasteiger partial charge < -0.3 is 15.8 Å². The van der Waals surface area contributed by atoms with Crippen LogP contribution in [0.1, 0.15) is 48.9 Å². The first-order valence-electron chi connectivity index (χ1n) is 7.05. The van der Waals surface area contributed by atoms with Crippen LogP contribution in [0.3, 0.4) is 0 Å². The topological polar surface area (TPSA) is 64.3 Å². The van der Waals surface area contributed by atoms with E-state index in [1.165, 1.54) is 32.8 Å². The summed E-state index contributed by atoms with van der Waals surface area (Å²) in [6, 6.07) is 3.62. The number of rotatable bonds is 3. The molecule has 1 aromatic carbocycles. The Morgan fingerprint density at radius 3 is 2.55 bits per heavy atom. The van der Waals surface area contributed by atoms with Crippen molar-refractivity contribution in [1.82, 2.24) is 0 Å². The Morgan fingerprint density at radius 2 is 1.95 bits per heavy atom. The minimum absolute atomic E-state index is 0.349. The lowest BCUT2D eigenvalue weighted by atomic mass is 10.1. The number of nitrogens with two attached hydrogens (primary N) is 1. The number of nitrogen functional groups attached to an aromatic ring is 1. The van der Waals surface area contributed by atoms with Crippen LogP contribution >= 0.6 is 11.6 Å². The van der Waals surface area contributed by atoms with Crippen molar-refractivity contribution in [1.29, 1.82) is 0 Å². The molecule has 1 aliphatic rings. The van der Waals surface area contributed by atoms with Crippen molar-refractivity contribution in [2.24, 2.45) is 0 Å². The molecule has 0 aliphatic heterocycles. The van der Waals surface area contributed by atoms with Gasteiger partial charge in [-0.25, -0.2) is 4.79 Å². The molecule has 0 unspecified atom stereocenters. The van der Waals surface area contributed by atoms with E-state index in [-0.39, 0.29) is 0 Å². The largest absolute Gasteiger partial charge is 0.465 e. The van der Waals surface area contributed by atoms with Crippen molar-refractivity contribution in [2.75, 3.05) is 18.2 Å². The fourth-order valence-corrected chi connectivity index (χ4v) is 2.96. The summed E-state index contributed by atoms with van der Waals surface area (Å²) in [5.74, 6) is -0.421. The molecule has 0 amide bonds. The maximum atomic E-state index is 11.9. The number of ether oxygens (including phenoxy) is 1. The highest BCUT2D eigenvalue weighted by Crippen LogP contribution is 2.32. The predicted molar refractivity (Wildman–Crippen MR) is 82.3 cm³/mol. The standard InChI is InChI=1S/C15H21ClN2O2/c1-20-15(19)12-8-10(17)9-13(16)14(12)18-11-6-4-2-3-5-7-11/h8-9,11,18H,2-7,17H2,1H3. The molecular formula is C15H21ClN2O2. The van der Waals surface area contributed by atoms with Gasteiger partial charge in [-0.15, -0.1) is 0 Å². The van der Waals surface area contributed by atoms with Crippen LogP contribution in [0.5, 0.6) is 0 Å². The average Bonchev–Trinajstić information content (AvgIpc) is 2.69. The highest BCUT2D eigenvalue weighted by molar-refractivity contribution is 6.34. The molecule has 110 valence electrons. The van der Waals surface area contributed by atoms with E-state index < -0.39 is 5.97 Å². The zero-order chi connectivity index (χ0) is 14.5. The van der Waals surface area contributed by atoms with Crippen molar-refractivity contribution in [3.8, 4) is 0 Å². The van der Waals surface area contributed by atoms with Crippen LogP contribution in [-0.2, 0) is 4.74 Å². The molecular weight excluding hydrogens is 276 g/mol. The normalized spacial score (nSPS) is 16.5. The highest BCUT2D eigenvalue weighted by atomic mass is 35.5. The summed E-state index contributed by atoms with van der Waals surface area (Å²) in [4.78, 5) is 11.9. The van der Waals surface area contributed by atoms with E-state index in [0.29, 0.717) is 28.0 Å². The van der Waals surface area contributed by atoms with Gasteiger partial charge in [-0.2, -0.15) is 0 Å². The number of hydrogen-bond donors (Lipinski definition) is 2. The zero-order valence-electron chi connectivity index (χ0n) is 11.7. The third-order valence-corrected chi connectivity index (χ3v) is 4.02. The third-order valence-electron chi connectivity index (χ3n) is 3.72. The van der Waals surface area contributed by atoms with Crippen LogP contribution in [0.15, 0.2) is 12.1 Å². The van der Waals surface area contributed by atoms with Gasteiger partial charge in [0.05, 0.1) is 23.4 Å². The molecule has 1 fully saturated rings. The number of hydrogen-bond acceptors (Lipinski definition) is 4. The van der Waals surface area contributed by atoms with Crippen LogP contribution < -0.4 is 11.1 Å². The fourth-order valence-electron chi connectivity index (χ4n) is 2.67. The molecule has 4 nitrogen and oxygen atoms in total. The summed E-state index contributed by atoms with van der Waals surface area (Å²) >= 11 is 6.25. The van der Waals surface area contributed by atoms with E-state index in [1.807, 2.05) is 0 Å². The van der Waals surface area contributed by atoms with E-state index in [9.17, 15) is 4.79 Å². The Bertz CT molecular complexity index is 483. The van der Waals surface area contributed by atoms with Gasteiger partial charge in [0.2, 0.25) is 0 Å². The molecule has 0 saturated heterocycles. The molecule has 0 radical (unpaired) electrons. The second-order valence-electron chi connectivity index (χ2n) is 5.25. The molecule has 1 aromatic rings. The summed E-state index contributed by atoms with van der Waals surface area (Å²) in [5, 5.41) is 3.88. The van der Waals surface area contributed by atoms with Crippen LogP contribution in [0.4, 0.5) is 11.4 Å². The fraction of sp³-hybridized carbons (Fsp3) is 0.533. The number of anilines is 2. The van der Waals surface area contributed by atoms with Gasteiger partial charge in [0.1, 0.15) is 0 Å². The molecule has 20 heavy (non-hydrogen) atoms. The van der Waals surface area contributed by atoms with E-state index in [1.54, 1.807) is 12.1 Å². The lowest BCUT2D eigenvalue weighted by molar-refractivity contribution is 0.0602. The predicted octanol–water partition coefficient (Wildman–Crippen LogP) is 3.84. The number of benzene rings is 1. The van der Waals surface area contributed by atoms with Crippen molar-refractivity contribution in [3.05, 3.63) is 22.7 Å². The molecule has 1 saturated carbocycles. The van der Waals surface area contributed by atoms with Gasteiger partial charge in [0, 0.05) is 11.7 Å². The Labute approximate surface area is 124 Å². The molecule has 1 aliphatic carbocycles. The first kappa shape index (κ1) is 15.0. The summed E-state index contributed by atoms with van der Waals surface area (Å²) in [7, 11) is 1.36. The number of nitrogens with one attached hydrogen (secondary N) is 1. The van der Waals surface area contributed by atoms with Crippen molar-refractivity contribution in [3.63, 3.8) is 0 Å². The number of carbonyl (C=O) groups is 1. The van der Waals surface area contributed by atoms with E-state index in [4.69, 9.17) is 22.1 Å². The highest BCUT2D eigenvalue weighted by Gasteiger charge is 2.20. The lowest BCUT2D eigenvalue weighted by Gasteiger charge is -2.21. The first-order chi connectivity index (χ1) is 9.61. The average molecular weight is 297 g/mol. The number of esters is 1. The van der Waals surface area contributed by atoms with Crippen LogP contribution in [0.2, 0.25) is 5.02 Å². The van der Waals surface area contributed by atoms with Gasteiger partial charge in [-0.1, -0.05) is 37.3 Å². The number of methoxy groups -OCH3 is 1. The Kier molecular flexibility index (Phi) is 5.12. The smallest absolute Gasteiger partial charge is 0.340 e. The molecule has 0 bridgehead atoms. The number of carbonyl (C=O) groups excluding carboxylic acids is 1. The second-order valence-corrected chi connectivity index (χ2v) is 5.66. The summed E-state index contributed by atoms with van der Waals surface area (Å²) in [5.41, 5.74) is 7.26. The summed E-state index contributed by atoms with van der Waals surface area (Å²) in [6.07, 6.45) is 7.16. The quantitative estimate of drug-likeness (QED) is 0.505. The minimum atomic E-state index is -0.421. The van der Waals surface area contributed by atoms with Crippen LogP contribution in [0, 0.1) is 0 Å². The monoisotopic (exact) mass is 296 g/mol. The van der Waals surface area contributed by atoms with Crippen LogP contribution in [0.25, 0.3) is 0 Å². The SMILES string of the molecule is COC(=O)c1cc(N)cc(Cl)c1NC1CCCCCC1. The van der Waals surface area contributed by atoms with E-state index in [2.05, 4.69) is 5.32 Å². The maximum Gasteiger partial charge on any atom is 0.340 e. The lowest BCUT2D eigenvalue weighted by Crippen LogP contribution is -2.21. The summed E-state index contributed by atoms with van der Waals surface area (Å²) in [6.45, 7) is 0. The molecule has 0 atom stereocenters. The van der Waals surface area contributed by atoms with Crippen molar-refractivity contribution in [2.45, 2.75) is 44.6 Å². The minimum Gasteiger partial charge on any atom is -0.465 e. The maximum absolute atomic E-state index is 11.9. The molecule has 0 spiro atoms. The molecule has 0 heterocycles. The molecule has 2 rings (SSSR count). The Balaban J connectivity index is 2.26. The van der Waals surface area contributed by atoms with Gasteiger partial charge in [0.15, 0.2) is 0 Å². The zero-order valence-corrected chi connectivity index (χ0v) is 12.5. The molecule has 0 aromatic heterocycles. The first-order valence-corrected chi connectivity index (χ1v) is 7.43. The van der Waals surface area contributed by atoms with Crippen LogP contribution in [-0.4, -0.2) is 19.1 Å².